The van der Waals surface area contributed by atoms with Gasteiger partial charge in [-0.15, -0.1) is 0 Å². The van der Waals surface area contributed by atoms with E-state index in [1.165, 1.54) is 32.4 Å². The van der Waals surface area contributed by atoms with E-state index < -0.39 is 0 Å². The summed E-state index contributed by atoms with van der Waals surface area (Å²) in [5.74, 6) is 1.15. The Morgan fingerprint density at radius 1 is 1.26 bits per heavy atom. The first-order valence-electron chi connectivity index (χ1n) is 7.52. The Balaban J connectivity index is 1.88. The lowest BCUT2D eigenvalue weighted by molar-refractivity contribution is 0.273. The van der Waals surface area contributed by atoms with E-state index >= 15 is 0 Å². The molecule has 0 saturated carbocycles. The molecule has 1 aromatic rings. The van der Waals surface area contributed by atoms with Crippen LogP contribution in [0.5, 0.6) is 0 Å². The number of hydrogen-bond donors (Lipinski definition) is 1. The lowest BCUT2D eigenvalue weighted by atomic mass is 10.2. The summed E-state index contributed by atoms with van der Waals surface area (Å²) < 4.78 is 2.06. The molecule has 3 rings (SSSR count). The highest BCUT2D eigenvalue weighted by atomic mass is 15.4. The molecule has 0 aliphatic carbocycles. The van der Waals surface area contributed by atoms with Gasteiger partial charge in [-0.2, -0.15) is 5.10 Å². The number of nitrogen functional groups attached to an aromatic ring is 1. The van der Waals surface area contributed by atoms with Crippen LogP contribution in [0.2, 0.25) is 0 Å². The fraction of sp³-hybridized carbons (Fsp3) is 0.786. The summed E-state index contributed by atoms with van der Waals surface area (Å²) in [5, 5.41) is 4.56. The van der Waals surface area contributed by atoms with Crippen molar-refractivity contribution in [3.63, 3.8) is 0 Å². The minimum Gasteiger partial charge on any atom is -0.394 e. The highest BCUT2D eigenvalue weighted by Gasteiger charge is 2.30. The van der Waals surface area contributed by atoms with Gasteiger partial charge in [-0.1, -0.05) is 0 Å². The van der Waals surface area contributed by atoms with Crippen molar-refractivity contribution in [1.29, 1.82) is 0 Å². The molecular weight excluding hydrogens is 238 g/mol. The Morgan fingerprint density at radius 2 is 2.05 bits per heavy atom. The van der Waals surface area contributed by atoms with Crippen molar-refractivity contribution in [2.24, 2.45) is 0 Å². The topological polar surface area (TPSA) is 50.3 Å². The molecule has 2 saturated heterocycles. The van der Waals surface area contributed by atoms with Gasteiger partial charge >= 0.3 is 0 Å². The summed E-state index contributed by atoms with van der Waals surface area (Å²) in [4.78, 5) is 5.12. The van der Waals surface area contributed by atoms with Gasteiger partial charge in [0.2, 0.25) is 0 Å². The third kappa shape index (κ3) is 2.20. The summed E-state index contributed by atoms with van der Waals surface area (Å²) in [5.41, 5.74) is 8.09. The fourth-order valence-corrected chi connectivity index (χ4v) is 3.54. The second-order valence-electron chi connectivity index (χ2n) is 5.77. The molecule has 0 radical (unpaired) electrons. The van der Waals surface area contributed by atoms with E-state index in [0.29, 0.717) is 6.04 Å². The van der Waals surface area contributed by atoms with Crippen molar-refractivity contribution in [3.8, 4) is 0 Å². The average molecular weight is 263 g/mol. The molecule has 0 bridgehead atoms. The lowest BCUT2D eigenvalue weighted by Gasteiger charge is -2.27. The minimum absolute atomic E-state index is 0.711. The van der Waals surface area contributed by atoms with Gasteiger partial charge in [-0.05, 0) is 39.7 Å². The molecule has 2 aliphatic rings. The Bertz CT molecular complexity index is 453. The van der Waals surface area contributed by atoms with Gasteiger partial charge < -0.3 is 10.6 Å². The number of fused-ring (bicyclic) bond motifs is 1. The second-order valence-corrected chi connectivity index (χ2v) is 5.77. The van der Waals surface area contributed by atoms with Crippen LogP contribution in [0, 0.1) is 6.92 Å². The zero-order chi connectivity index (χ0) is 13.4. The molecule has 1 atom stereocenters. The molecule has 0 spiro atoms. The minimum atomic E-state index is 0.711. The van der Waals surface area contributed by atoms with E-state index in [4.69, 9.17) is 5.73 Å². The molecule has 19 heavy (non-hydrogen) atoms. The molecule has 1 aromatic heterocycles. The molecule has 5 heteroatoms. The summed E-state index contributed by atoms with van der Waals surface area (Å²) in [6.07, 6.45) is 3.90. The standard InChI is InChI=1S/C14H25N5/c1-3-19-14(13(15)11(2)16-19)18-9-5-8-17-7-4-6-12(17)10-18/h12H,3-10,15H2,1-2H3. The maximum Gasteiger partial charge on any atom is 0.150 e. The number of hydrogen-bond acceptors (Lipinski definition) is 4. The number of nitrogens with two attached hydrogens (primary N) is 1. The Morgan fingerprint density at radius 3 is 2.84 bits per heavy atom. The number of aromatic nitrogens is 2. The first-order chi connectivity index (χ1) is 9.20. The summed E-state index contributed by atoms with van der Waals surface area (Å²) in [6, 6.07) is 0.711. The van der Waals surface area contributed by atoms with E-state index in [1.807, 2.05) is 6.92 Å². The highest BCUT2D eigenvalue weighted by Crippen LogP contribution is 2.30. The van der Waals surface area contributed by atoms with Crippen LogP contribution in [0.15, 0.2) is 0 Å². The van der Waals surface area contributed by atoms with Gasteiger partial charge in [-0.25, -0.2) is 4.68 Å². The van der Waals surface area contributed by atoms with E-state index in [1.54, 1.807) is 0 Å². The highest BCUT2D eigenvalue weighted by molar-refractivity contribution is 5.66. The normalized spacial score (nSPS) is 24.5. The van der Waals surface area contributed by atoms with Crippen LogP contribution in [-0.4, -0.2) is 46.9 Å². The van der Waals surface area contributed by atoms with Gasteiger partial charge in [0, 0.05) is 32.2 Å². The van der Waals surface area contributed by atoms with Crippen LogP contribution in [0.1, 0.15) is 31.9 Å². The number of nitrogens with zero attached hydrogens (tertiary/aromatic N) is 4. The largest absolute Gasteiger partial charge is 0.394 e. The Hall–Kier alpha value is -1.23. The molecular formula is C14H25N5. The molecule has 2 aliphatic heterocycles. The van der Waals surface area contributed by atoms with Crippen LogP contribution in [0.3, 0.4) is 0 Å². The fourth-order valence-electron chi connectivity index (χ4n) is 3.54. The maximum atomic E-state index is 6.26. The van der Waals surface area contributed by atoms with Crippen molar-refractivity contribution >= 4 is 11.5 Å². The third-order valence-corrected chi connectivity index (χ3v) is 4.55. The maximum absolute atomic E-state index is 6.26. The average Bonchev–Trinajstić information content (AvgIpc) is 2.89. The first-order valence-corrected chi connectivity index (χ1v) is 7.52. The summed E-state index contributed by atoms with van der Waals surface area (Å²) in [7, 11) is 0. The molecule has 3 heterocycles. The molecule has 2 N–H and O–H groups in total. The van der Waals surface area contributed by atoms with Gasteiger partial charge in [0.1, 0.15) is 0 Å². The number of anilines is 2. The van der Waals surface area contributed by atoms with Crippen molar-refractivity contribution in [2.75, 3.05) is 36.8 Å². The first kappa shape index (κ1) is 12.8. The lowest BCUT2D eigenvalue weighted by Crippen LogP contribution is -2.37. The van der Waals surface area contributed by atoms with Crippen LogP contribution >= 0.6 is 0 Å². The van der Waals surface area contributed by atoms with Gasteiger partial charge in [0.05, 0.1) is 11.4 Å². The van der Waals surface area contributed by atoms with E-state index in [0.717, 1.165) is 36.8 Å². The number of rotatable bonds is 2. The van der Waals surface area contributed by atoms with Gasteiger partial charge in [-0.3, -0.25) is 4.90 Å². The zero-order valence-electron chi connectivity index (χ0n) is 12.1. The molecule has 0 aromatic carbocycles. The summed E-state index contributed by atoms with van der Waals surface area (Å²) in [6.45, 7) is 9.75. The van der Waals surface area contributed by atoms with Gasteiger partial charge in [0.15, 0.2) is 5.82 Å². The number of aryl methyl sites for hydroxylation is 2. The van der Waals surface area contributed by atoms with Crippen LogP contribution in [0.4, 0.5) is 11.5 Å². The smallest absolute Gasteiger partial charge is 0.150 e. The predicted molar refractivity (Wildman–Crippen MR) is 78.5 cm³/mol. The monoisotopic (exact) mass is 263 g/mol. The van der Waals surface area contributed by atoms with Crippen LogP contribution in [-0.2, 0) is 6.54 Å². The third-order valence-electron chi connectivity index (χ3n) is 4.55. The summed E-state index contributed by atoms with van der Waals surface area (Å²) >= 11 is 0. The van der Waals surface area contributed by atoms with Crippen molar-refractivity contribution in [3.05, 3.63) is 5.69 Å². The van der Waals surface area contributed by atoms with E-state index in [9.17, 15) is 0 Å². The van der Waals surface area contributed by atoms with E-state index in [-0.39, 0.29) is 0 Å². The molecule has 1 unspecified atom stereocenters. The van der Waals surface area contributed by atoms with Crippen molar-refractivity contribution in [2.45, 2.75) is 45.7 Å². The molecule has 5 nitrogen and oxygen atoms in total. The van der Waals surface area contributed by atoms with Gasteiger partial charge in [0.25, 0.3) is 0 Å². The Kier molecular flexibility index (Phi) is 3.39. The molecule has 0 amide bonds. The zero-order valence-corrected chi connectivity index (χ0v) is 12.1. The quantitative estimate of drug-likeness (QED) is 0.878. The molecule has 106 valence electrons. The van der Waals surface area contributed by atoms with Crippen LogP contribution in [0.25, 0.3) is 0 Å². The Labute approximate surface area is 115 Å². The van der Waals surface area contributed by atoms with Crippen molar-refractivity contribution < 1.29 is 0 Å². The SMILES string of the molecule is CCn1nc(C)c(N)c1N1CCCN2CCCC2C1. The van der Waals surface area contributed by atoms with Crippen LogP contribution < -0.4 is 10.6 Å². The second kappa shape index (κ2) is 5.04. The van der Waals surface area contributed by atoms with Crippen molar-refractivity contribution in [1.82, 2.24) is 14.7 Å². The molecule has 2 fully saturated rings. The predicted octanol–water partition coefficient (Wildman–Crippen LogP) is 1.47. The van der Waals surface area contributed by atoms with E-state index in [2.05, 4.69) is 26.5 Å².